The number of allylic oxidation sites excluding steroid dienone is 1. The van der Waals surface area contributed by atoms with Crippen LogP contribution in [-0.4, -0.2) is 5.88 Å². The predicted octanol–water partition coefficient (Wildman–Crippen LogP) is 4.40. The highest BCUT2D eigenvalue weighted by atomic mass is 79.9. The first kappa shape index (κ1) is 10.8. The molecule has 0 aliphatic rings. The van der Waals surface area contributed by atoms with Crippen LogP contribution in [0.4, 0.5) is 0 Å². The summed E-state index contributed by atoms with van der Waals surface area (Å²) >= 11 is 9.03. The topological polar surface area (TPSA) is 0 Å². The molecule has 1 aromatic rings. The molecule has 1 aromatic carbocycles. The molecule has 0 amide bonds. The Morgan fingerprint density at radius 1 is 1.46 bits per heavy atom. The van der Waals surface area contributed by atoms with Crippen LogP contribution in [0.15, 0.2) is 28.7 Å². The summed E-state index contributed by atoms with van der Waals surface area (Å²) in [5, 5.41) is 0. The Hall–Kier alpha value is -0.270. The summed E-state index contributed by atoms with van der Waals surface area (Å²) < 4.78 is 1.15. The first-order valence-electron chi connectivity index (χ1n) is 4.22. The van der Waals surface area contributed by atoms with Gasteiger partial charge in [0.2, 0.25) is 0 Å². The highest BCUT2D eigenvalue weighted by molar-refractivity contribution is 9.10. The van der Waals surface area contributed by atoms with Crippen LogP contribution in [0, 0.1) is 6.92 Å². The van der Waals surface area contributed by atoms with Crippen LogP contribution in [0.3, 0.4) is 0 Å². The number of rotatable bonds is 3. The summed E-state index contributed by atoms with van der Waals surface area (Å²) in [6.45, 7) is 2.09. The second-order valence-corrected chi connectivity index (χ2v) is 4.12. The summed E-state index contributed by atoms with van der Waals surface area (Å²) in [6, 6.07) is 6.30. The van der Waals surface area contributed by atoms with Crippen molar-refractivity contribution in [3.05, 3.63) is 39.9 Å². The van der Waals surface area contributed by atoms with Gasteiger partial charge in [0.05, 0.1) is 0 Å². The summed E-state index contributed by atoms with van der Waals surface area (Å²) in [5.41, 5.74) is 2.49. The largest absolute Gasteiger partial charge is 0.126 e. The summed E-state index contributed by atoms with van der Waals surface area (Å²) in [5.74, 6) is 0.687. The van der Waals surface area contributed by atoms with E-state index in [1.54, 1.807) is 0 Å². The minimum Gasteiger partial charge on any atom is -0.126 e. The molecule has 0 aromatic heterocycles. The molecule has 1 rings (SSSR count). The second-order valence-electron chi connectivity index (χ2n) is 2.89. The van der Waals surface area contributed by atoms with Crippen LogP contribution >= 0.6 is 27.5 Å². The van der Waals surface area contributed by atoms with Crippen molar-refractivity contribution in [2.75, 3.05) is 5.88 Å². The minimum absolute atomic E-state index is 0.687. The SMILES string of the molecule is Cc1cc(C=CCCCl)ccc1Br. The lowest BCUT2D eigenvalue weighted by Crippen LogP contribution is -1.78. The van der Waals surface area contributed by atoms with E-state index < -0.39 is 0 Å². The summed E-state index contributed by atoms with van der Waals surface area (Å²) in [6.07, 6.45) is 5.12. The summed E-state index contributed by atoms with van der Waals surface area (Å²) in [4.78, 5) is 0. The van der Waals surface area contributed by atoms with Gasteiger partial charge in [0.15, 0.2) is 0 Å². The number of halogens is 2. The molecule has 0 atom stereocenters. The fourth-order valence-corrected chi connectivity index (χ4v) is 1.43. The molecule has 0 aliphatic carbocycles. The van der Waals surface area contributed by atoms with E-state index in [2.05, 4.69) is 53.2 Å². The minimum atomic E-state index is 0.687. The van der Waals surface area contributed by atoms with Crippen LogP contribution in [-0.2, 0) is 0 Å². The van der Waals surface area contributed by atoms with Gasteiger partial charge < -0.3 is 0 Å². The molecule has 0 N–H and O–H groups in total. The Morgan fingerprint density at radius 3 is 2.85 bits per heavy atom. The predicted molar refractivity (Wildman–Crippen MR) is 63.3 cm³/mol. The first-order chi connectivity index (χ1) is 6.24. The van der Waals surface area contributed by atoms with E-state index in [4.69, 9.17) is 11.6 Å². The molecule has 2 heteroatoms. The van der Waals surface area contributed by atoms with Crippen LogP contribution in [0.1, 0.15) is 17.5 Å². The van der Waals surface area contributed by atoms with Gasteiger partial charge in [-0.3, -0.25) is 0 Å². The second kappa shape index (κ2) is 5.46. The van der Waals surface area contributed by atoms with E-state index in [-0.39, 0.29) is 0 Å². The Bertz CT molecular complexity index is 305. The number of benzene rings is 1. The van der Waals surface area contributed by atoms with E-state index in [0.717, 1.165) is 10.9 Å². The fraction of sp³-hybridized carbons (Fsp3) is 0.273. The molecule has 0 fully saturated rings. The van der Waals surface area contributed by atoms with Gasteiger partial charge in [0, 0.05) is 10.4 Å². The van der Waals surface area contributed by atoms with Crippen molar-refractivity contribution in [2.24, 2.45) is 0 Å². The van der Waals surface area contributed by atoms with Gasteiger partial charge in [-0.1, -0.05) is 40.2 Å². The monoisotopic (exact) mass is 258 g/mol. The van der Waals surface area contributed by atoms with Gasteiger partial charge in [-0.2, -0.15) is 0 Å². The molecule has 0 heterocycles. The van der Waals surface area contributed by atoms with Crippen LogP contribution in [0.2, 0.25) is 0 Å². The fourth-order valence-electron chi connectivity index (χ4n) is 1.05. The Balaban J connectivity index is 2.73. The average molecular weight is 260 g/mol. The molecule has 0 radical (unpaired) electrons. The van der Waals surface area contributed by atoms with Gasteiger partial charge >= 0.3 is 0 Å². The lowest BCUT2D eigenvalue weighted by Gasteiger charge is -1.98. The third-order valence-electron chi connectivity index (χ3n) is 1.77. The van der Waals surface area contributed by atoms with E-state index in [0.29, 0.717) is 5.88 Å². The van der Waals surface area contributed by atoms with Crippen LogP contribution < -0.4 is 0 Å². The average Bonchev–Trinajstić information content (AvgIpc) is 2.12. The van der Waals surface area contributed by atoms with Crippen molar-refractivity contribution in [3.8, 4) is 0 Å². The molecule has 0 spiro atoms. The van der Waals surface area contributed by atoms with Crippen molar-refractivity contribution in [3.63, 3.8) is 0 Å². The maximum Gasteiger partial charge on any atom is 0.0258 e. The van der Waals surface area contributed by atoms with Crippen molar-refractivity contribution < 1.29 is 0 Å². The molecule has 13 heavy (non-hydrogen) atoms. The van der Waals surface area contributed by atoms with Crippen molar-refractivity contribution >= 4 is 33.6 Å². The van der Waals surface area contributed by atoms with Gasteiger partial charge in [0.1, 0.15) is 0 Å². The Kier molecular flexibility index (Phi) is 4.54. The smallest absolute Gasteiger partial charge is 0.0258 e. The molecule has 0 aliphatic heterocycles. The van der Waals surface area contributed by atoms with E-state index in [1.165, 1.54) is 11.1 Å². The number of hydrogen-bond donors (Lipinski definition) is 0. The molecule has 0 saturated carbocycles. The number of hydrogen-bond acceptors (Lipinski definition) is 0. The number of aryl methyl sites for hydroxylation is 1. The maximum absolute atomic E-state index is 5.57. The molecular formula is C11H12BrCl. The van der Waals surface area contributed by atoms with Crippen molar-refractivity contribution in [1.82, 2.24) is 0 Å². The van der Waals surface area contributed by atoms with Gasteiger partial charge in [0.25, 0.3) is 0 Å². The van der Waals surface area contributed by atoms with Crippen LogP contribution in [0.25, 0.3) is 6.08 Å². The molecule has 70 valence electrons. The van der Waals surface area contributed by atoms with Gasteiger partial charge in [-0.15, -0.1) is 11.6 Å². The van der Waals surface area contributed by atoms with E-state index >= 15 is 0 Å². The maximum atomic E-state index is 5.57. The lowest BCUT2D eigenvalue weighted by molar-refractivity contribution is 1.24. The summed E-state index contributed by atoms with van der Waals surface area (Å²) in [7, 11) is 0. The molecule has 0 nitrogen and oxygen atoms in total. The lowest BCUT2D eigenvalue weighted by atomic mass is 10.1. The molecule has 0 bridgehead atoms. The quantitative estimate of drug-likeness (QED) is 0.706. The zero-order chi connectivity index (χ0) is 9.68. The highest BCUT2D eigenvalue weighted by Gasteiger charge is 1.93. The molecular weight excluding hydrogens is 247 g/mol. The van der Waals surface area contributed by atoms with Crippen molar-refractivity contribution in [2.45, 2.75) is 13.3 Å². The van der Waals surface area contributed by atoms with Gasteiger partial charge in [-0.05, 0) is 30.5 Å². The molecule has 0 saturated heterocycles. The molecule has 0 unspecified atom stereocenters. The number of alkyl halides is 1. The standard InChI is InChI=1S/C11H12BrCl/c1-9-8-10(4-2-3-7-13)5-6-11(9)12/h2,4-6,8H,3,7H2,1H3. The van der Waals surface area contributed by atoms with Crippen molar-refractivity contribution in [1.29, 1.82) is 0 Å². The van der Waals surface area contributed by atoms with Crippen LogP contribution in [0.5, 0.6) is 0 Å². The van der Waals surface area contributed by atoms with Gasteiger partial charge in [-0.25, -0.2) is 0 Å². The zero-order valence-corrected chi connectivity index (χ0v) is 9.90. The normalized spacial score (nSPS) is 11.0. The third-order valence-corrected chi connectivity index (χ3v) is 2.88. The Morgan fingerprint density at radius 2 is 2.23 bits per heavy atom. The van der Waals surface area contributed by atoms with E-state index in [9.17, 15) is 0 Å². The first-order valence-corrected chi connectivity index (χ1v) is 5.55. The highest BCUT2D eigenvalue weighted by Crippen LogP contribution is 2.17. The van der Waals surface area contributed by atoms with E-state index in [1.807, 2.05) is 0 Å². The third kappa shape index (κ3) is 3.53. The zero-order valence-electron chi connectivity index (χ0n) is 7.56. The Labute approximate surface area is 92.7 Å².